The van der Waals surface area contributed by atoms with Crippen LogP contribution in [0, 0.1) is 0 Å². The lowest BCUT2D eigenvalue weighted by atomic mass is 9.95. The van der Waals surface area contributed by atoms with Gasteiger partial charge in [0.1, 0.15) is 0 Å². The Balaban J connectivity index is 2.03. The Kier molecular flexibility index (Phi) is 4.05. The highest BCUT2D eigenvalue weighted by Gasteiger charge is 2.34. The molecule has 0 fully saturated rings. The molecule has 6 heteroatoms. The third kappa shape index (κ3) is 2.57. The SMILES string of the molecule is CCCCC(=O)NN1C(=O)c2cccc3c(Cl)ccc(c23)C1=O. The molecule has 3 rings (SSSR count). The minimum atomic E-state index is -0.541. The van der Waals surface area contributed by atoms with E-state index in [0.717, 1.165) is 11.4 Å². The van der Waals surface area contributed by atoms with Gasteiger partial charge in [0.2, 0.25) is 5.91 Å². The van der Waals surface area contributed by atoms with E-state index in [2.05, 4.69) is 5.43 Å². The number of nitrogens with one attached hydrogen (secondary N) is 1. The third-order valence-electron chi connectivity index (χ3n) is 3.85. The second-order valence-electron chi connectivity index (χ2n) is 5.41. The topological polar surface area (TPSA) is 66.5 Å². The quantitative estimate of drug-likeness (QED) is 0.874. The van der Waals surface area contributed by atoms with Crippen LogP contribution in [0.1, 0.15) is 46.9 Å². The Morgan fingerprint density at radius 2 is 1.83 bits per heavy atom. The number of carbonyl (C=O) groups is 3. The molecule has 0 bridgehead atoms. The number of imide groups is 1. The Hall–Kier alpha value is -2.40. The molecule has 0 saturated carbocycles. The highest BCUT2D eigenvalue weighted by atomic mass is 35.5. The Morgan fingerprint density at radius 3 is 2.52 bits per heavy atom. The van der Waals surface area contributed by atoms with Crippen LogP contribution in [0.2, 0.25) is 5.02 Å². The van der Waals surface area contributed by atoms with Gasteiger partial charge in [0.15, 0.2) is 0 Å². The summed E-state index contributed by atoms with van der Waals surface area (Å²) >= 11 is 6.15. The van der Waals surface area contributed by atoms with Crippen molar-refractivity contribution in [2.24, 2.45) is 0 Å². The first kappa shape index (κ1) is 15.5. The predicted molar refractivity (Wildman–Crippen MR) is 87.1 cm³/mol. The van der Waals surface area contributed by atoms with Crippen LogP contribution in [0.5, 0.6) is 0 Å². The van der Waals surface area contributed by atoms with Crippen LogP contribution in [0.3, 0.4) is 0 Å². The average molecular weight is 331 g/mol. The van der Waals surface area contributed by atoms with Crippen molar-refractivity contribution in [3.63, 3.8) is 0 Å². The van der Waals surface area contributed by atoms with Crippen LogP contribution < -0.4 is 5.43 Å². The number of hydrogen-bond donors (Lipinski definition) is 1. The largest absolute Gasteiger partial charge is 0.280 e. The van der Waals surface area contributed by atoms with Crippen LogP contribution >= 0.6 is 11.6 Å². The maximum Gasteiger partial charge on any atom is 0.280 e. The van der Waals surface area contributed by atoms with Gasteiger partial charge < -0.3 is 0 Å². The van der Waals surface area contributed by atoms with Crippen LogP contribution in [0.25, 0.3) is 10.8 Å². The lowest BCUT2D eigenvalue weighted by Gasteiger charge is -2.27. The number of amides is 3. The van der Waals surface area contributed by atoms with E-state index in [4.69, 9.17) is 11.6 Å². The summed E-state index contributed by atoms with van der Waals surface area (Å²) in [4.78, 5) is 37.1. The number of benzene rings is 2. The van der Waals surface area contributed by atoms with Gasteiger partial charge in [-0.1, -0.05) is 37.1 Å². The van der Waals surface area contributed by atoms with E-state index < -0.39 is 11.8 Å². The molecule has 5 nitrogen and oxygen atoms in total. The maximum absolute atomic E-state index is 12.6. The number of nitrogens with zero attached hydrogens (tertiary/aromatic N) is 1. The van der Waals surface area contributed by atoms with Crippen LogP contribution in [0.4, 0.5) is 0 Å². The molecule has 118 valence electrons. The second kappa shape index (κ2) is 6.01. The molecule has 0 spiro atoms. The summed E-state index contributed by atoms with van der Waals surface area (Å²) in [7, 11) is 0. The molecular weight excluding hydrogens is 316 g/mol. The highest BCUT2D eigenvalue weighted by Crippen LogP contribution is 2.33. The number of hydrogen-bond acceptors (Lipinski definition) is 3. The molecule has 0 radical (unpaired) electrons. The van der Waals surface area contributed by atoms with Gasteiger partial charge in [-0.05, 0) is 24.6 Å². The molecular formula is C17H15ClN2O3. The smallest absolute Gasteiger partial charge is 0.273 e. The first-order valence-electron chi connectivity index (χ1n) is 7.44. The zero-order valence-corrected chi connectivity index (χ0v) is 13.3. The van der Waals surface area contributed by atoms with E-state index >= 15 is 0 Å². The minimum absolute atomic E-state index is 0.269. The molecule has 0 unspecified atom stereocenters. The zero-order chi connectivity index (χ0) is 16.6. The van der Waals surface area contributed by atoms with Crippen LogP contribution in [-0.4, -0.2) is 22.7 Å². The van der Waals surface area contributed by atoms with Crippen molar-refractivity contribution < 1.29 is 14.4 Å². The first-order valence-corrected chi connectivity index (χ1v) is 7.82. The van der Waals surface area contributed by atoms with Gasteiger partial charge in [0, 0.05) is 22.2 Å². The third-order valence-corrected chi connectivity index (χ3v) is 4.18. The van der Waals surface area contributed by atoms with Gasteiger partial charge in [-0.25, -0.2) is 0 Å². The minimum Gasteiger partial charge on any atom is -0.273 e. The molecule has 3 amide bonds. The van der Waals surface area contributed by atoms with Crippen molar-refractivity contribution in [1.82, 2.24) is 10.4 Å². The molecule has 1 N–H and O–H groups in total. The van der Waals surface area contributed by atoms with Gasteiger partial charge in [-0.3, -0.25) is 19.8 Å². The summed E-state index contributed by atoms with van der Waals surface area (Å²) in [6, 6.07) is 8.29. The van der Waals surface area contributed by atoms with Crippen molar-refractivity contribution >= 4 is 40.1 Å². The summed E-state index contributed by atoms with van der Waals surface area (Å²) in [6.07, 6.45) is 1.82. The van der Waals surface area contributed by atoms with Crippen molar-refractivity contribution in [2.45, 2.75) is 26.2 Å². The molecule has 2 aromatic rings. The lowest BCUT2D eigenvalue weighted by molar-refractivity contribution is -0.124. The number of carbonyl (C=O) groups excluding carboxylic acids is 3. The summed E-state index contributed by atoms with van der Waals surface area (Å²) < 4.78 is 0. The summed E-state index contributed by atoms with van der Waals surface area (Å²) in [5, 5.41) is 2.46. The molecule has 0 saturated heterocycles. The van der Waals surface area contributed by atoms with E-state index in [1.807, 2.05) is 6.92 Å². The summed E-state index contributed by atoms with van der Waals surface area (Å²) in [5.74, 6) is -1.43. The molecule has 0 aromatic heterocycles. The van der Waals surface area contributed by atoms with Gasteiger partial charge in [0.25, 0.3) is 11.8 Å². The first-order chi connectivity index (χ1) is 11.0. The normalized spacial score (nSPS) is 13.6. The Bertz CT molecular complexity index is 810. The average Bonchev–Trinajstić information content (AvgIpc) is 2.56. The second-order valence-corrected chi connectivity index (χ2v) is 5.81. The fourth-order valence-corrected chi connectivity index (χ4v) is 2.90. The molecule has 1 aliphatic rings. The van der Waals surface area contributed by atoms with Gasteiger partial charge in [0.05, 0.1) is 11.1 Å². The van der Waals surface area contributed by atoms with Crippen molar-refractivity contribution in [2.75, 3.05) is 0 Å². The zero-order valence-electron chi connectivity index (χ0n) is 12.6. The molecule has 0 atom stereocenters. The lowest BCUT2D eigenvalue weighted by Crippen LogP contribution is -2.51. The molecule has 2 aromatic carbocycles. The molecule has 23 heavy (non-hydrogen) atoms. The van der Waals surface area contributed by atoms with E-state index in [0.29, 0.717) is 33.3 Å². The van der Waals surface area contributed by atoms with E-state index in [9.17, 15) is 14.4 Å². The monoisotopic (exact) mass is 330 g/mol. The molecule has 1 aliphatic heterocycles. The molecule has 0 aliphatic carbocycles. The van der Waals surface area contributed by atoms with Gasteiger partial charge >= 0.3 is 0 Å². The van der Waals surface area contributed by atoms with E-state index in [1.54, 1.807) is 30.3 Å². The molecule has 1 heterocycles. The van der Waals surface area contributed by atoms with E-state index in [1.165, 1.54) is 0 Å². The standard InChI is InChI=1S/C17H15ClN2O3/c1-2-3-7-14(21)19-20-16(22)11-6-4-5-10-13(18)9-8-12(15(10)11)17(20)23/h4-6,8-9H,2-3,7H2,1H3,(H,19,21). The van der Waals surface area contributed by atoms with Crippen molar-refractivity contribution in [3.8, 4) is 0 Å². The Labute approximate surface area is 138 Å². The number of halogens is 1. The number of rotatable bonds is 4. The van der Waals surface area contributed by atoms with Gasteiger partial charge in [-0.2, -0.15) is 5.01 Å². The van der Waals surface area contributed by atoms with Crippen LogP contribution in [-0.2, 0) is 4.79 Å². The van der Waals surface area contributed by atoms with Gasteiger partial charge in [-0.15, -0.1) is 0 Å². The summed E-state index contributed by atoms with van der Waals surface area (Å²) in [6.45, 7) is 1.96. The van der Waals surface area contributed by atoms with Crippen molar-refractivity contribution in [1.29, 1.82) is 0 Å². The Morgan fingerprint density at radius 1 is 1.13 bits per heavy atom. The van der Waals surface area contributed by atoms with Crippen molar-refractivity contribution in [3.05, 3.63) is 46.5 Å². The van der Waals surface area contributed by atoms with Crippen LogP contribution in [0.15, 0.2) is 30.3 Å². The van der Waals surface area contributed by atoms with E-state index in [-0.39, 0.29) is 12.3 Å². The summed E-state index contributed by atoms with van der Waals surface area (Å²) in [5.41, 5.74) is 3.13. The predicted octanol–water partition coefficient (Wildman–Crippen LogP) is 3.31. The fourth-order valence-electron chi connectivity index (χ4n) is 2.68. The number of hydrazine groups is 1. The number of unbranched alkanes of at least 4 members (excludes halogenated alkanes) is 1. The highest BCUT2D eigenvalue weighted by molar-refractivity contribution is 6.38. The maximum atomic E-state index is 12.6. The fraction of sp³-hybridized carbons (Fsp3) is 0.235.